The number of rotatable bonds is 8. The molecule has 0 saturated heterocycles. The monoisotopic (exact) mass is 558 g/mol. The molecule has 4 aromatic rings. The van der Waals surface area contributed by atoms with Crippen LogP contribution < -0.4 is 21.7 Å². The number of amides is 1. The summed E-state index contributed by atoms with van der Waals surface area (Å²) in [6.45, 7) is 2.29. The molecule has 2 aromatic heterocycles. The molecule has 41 heavy (non-hydrogen) atoms. The molecule has 2 saturated carbocycles. The van der Waals surface area contributed by atoms with E-state index in [0.29, 0.717) is 42.3 Å². The number of nitrogens with zero attached hydrogens (tertiary/aromatic N) is 4. The molecule has 0 radical (unpaired) electrons. The van der Waals surface area contributed by atoms with Gasteiger partial charge in [-0.25, -0.2) is 4.98 Å². The zero-order valence-electron chi connectivity index (χ0n) is 23.2. The number of imidazole rings is 1. The van der Waals surface area contributed by atoms with Crippen molar-refractivity contribution in [2.75, 3.05) is 10.6 Å². The smallest absolute Gasteiger partial charge is 0.227 e. The molecule has 6 rings (SSSR count). The molecule has 1 amide bonds. The number of aliphatic hydroxyl groups is 2. The average molecular weight is 559 g/mol. The number of aliphatic hydroxyl groups excluding tert-OH is 2. The molecular weight excluding hydrogens is 520 g/mol. The first-order valence-corrected chi connectivity index (χ1v) is 14.5. The van der Waals surface area contributed by atoms with E-state index < -0.39 is 24.3 Å². The van der Waals surface area contributed by atoms with E-state index in [9.17, 15) is 15.0 Å². The predicted octanol–water partition coefficient (Wildman–Crippen LogP) is 2.83. The number of benzene rings is 2. The molecule has 11 heteroatoms. The van der Waals surface area contributed by atoms with Crippen LogP contribution in [-0.2, 0) is 11.3 Å². The van der Waals surface area contributed by atoms with Crippen molar-refractivity contribution < 1.29 is 15.0 Å². The molecule has 2 aliphatic carbocycles. The molecule has 2 heterocycles. The van der Waals surface area contributed by atoms with Crippen LogP contribution in [0, 0.1) is 0 Å². The highest BCUT2D eigenvalue weighted by molar-refractivity contribution is 5.87. The first-order valence-electron chi connectivity index (χ1n) is 14.5. The van der Waals surface area contributed by atoms with E-state index >= 15 is 0 Å². The van der Waals surface area contributed by atoms with E-state index in [4.69, 9.17) is 15.7 Å². The fourth-order valence-electron chi connectivity index (χ4n) is 6.15. The number of nitrogens with one attached hydrogen (secondary N) is 3. The summed E-state index contributed by atoms with van der Waals surface area (Å²) < 4.78 is 1.80. The second-order valence-corrected chi connectivity index (χ2v) is 11.3. The van der Waals surface area contributed by atoms with Gasteiger partial charge in [-0.1, -0.05) is 49.4 Å². The Morgan fingerprint density at radius 2 is 1.83 bits per heavy atom. The number of fused-ring (bicyclic) bond motifs is 2. The van der Waals surface area contributed by atoms with Gasteiger partial charge in [-0.05, 0) is 48.4 Å². The van der Waals surface area contributed by atoms with Gasteiger partial charge in [0.25, 0.3) is 0 Å². The van der Waals surface area contributed by atoms with Crippen LogP contribution in [0.3, 0.4) is 0 Å². The summed E-state index contributed by atoms with van der Waals surface area (Å²) >= 11 is 0. The summed E-state index contributed by atoms with van der Waals surface area (Å²) in [6, 6.07) is 13.9. The third kappa shape index (κ3) is 5.57. The number of anilines is 2. The predicted molar refractivity (Wildman–Crippen MR) is 158 cm³/mol. The zero-order valence-corrected chi connectivity index (χ0v) is 23.2. The van der Waals surface area contributed by atoms with Crippen molar-refractivity contribution in [3.63, 3.8) is 0 Å². The summed E-state index contributed by atoms with van der Waals surface area (Å²) in [5.41, 5.74) is 8.38. The number of hydrogen-bond acceptors (Lipinski definition) is 9. The fourth-order valence-corrected chi connectivity index (χ4v) is 6.15. The van der Waals surface area contributed by atoms with Gasteiger partial charge >= 0.3 is 0 Å². The summed E-state index contributed by atoms with van der Waals surface area (Å²) in [6.07, 6.45) is 3.87. The van der Waals surface area contributed by atoms with Gasteiger partial charge in [-0.15, -0.1) is 0 Å². The lowest BCUT2D eigenvalue weighted by molar-refractivity contribution is -0.122. The molecule has 11 nitrogen and oxygen atoms in total. The van der Waals surface area contributed by atoms with Crippen molar-refractivity contribution >= 4 is 39.6 Å². The third-order valence-electron chi connectivity index (χ3n) is 8.53. The van der Waals surface area contributed by atoms with Crippen molar-refractivity contribution in [3.05, 3.63) is 54.4 Å². The molecule has 2 aromatic carbocycles. The highest BCUT2D eigenvalue weighted by Gasteiger charge is 2.43. The van der Waals surface area contributed by atoms with Crippen LogP contribution in [0.15, 0.2) is 48.8 Å². The highest BCUT2D eigenvalue weighted by atomic mass is 16.3. The van der Waals surface area contributed by atoms with Gasteiger partial charge < -0.3 is 36.5 Å². The van der Waals surface area contributed by atoms with Crippen LogP contribution in [0.1, 0.15) is 57.1 Å². The molecular formula is C30H38N8O3. The fraction of sp³-hybridized carbons (Fsp3) is 0.467. The minimum atomic E-state index is -1.09. The van der Waals surface area contributed by atoms with Crippen LogP contribution in [0.2, 0.25) is 0 Å². The summed E-state index contributed by atoms with van der Waals surface area (Å²) in [5.74, 6) is 0.892. The van der Waals surface area contributed by atoms with Crippen molar-refractivity contribution in [3.8, 4) is 0 Å². The van der Waals surface area contributed by atoms with Gasteiger partial charge in [0.2, 0.25) is 11.9 Å². The summed E-state index contributed by atoms with van der Waals surface area (Å²) in [7, 11) is 0. The lowest BCUT2D eigenvalue weighted by Crippen LogP contribution is -2.42. The Morgan fingerprint density at radius 3 is 2.63 bits per heavy atom. The lowest BCUT2D eigenvalue weighted by Gasteiger charge is -2.27. The van der Waals surface area contributed by atoms with E-state index in [1.54, 1.807) is 17.8 Å². The normalized spacial score (nSPS) is 26.3. The SMILES string of the molecule is CCC(=O)N[C@H]1CC(n2cnc3c(NCc4cccc5ccccc45)nc(NC4CCC(N)CC4)nc32)[C@H](O)[C@@H]1O. The molecule has 216 valence electrons. The van der Waals surface area contributed by atoms with Crippen molar-refractivity contribution in [1.29, 1.82) is 0 Å². The lowest BCUT2D eigenvalue weighted by atomic mass is 9.92. The van der Waals surface area contributed by atoms with E-state index in [-0.39, 0.29) is 18.0 Å². The molecule has 4 atom stereocenters. The number of nitrogens with two attached hydrogens (primary N) is 1. The van der Waals surface area contributed by atoms with Crippen LogP contribution in [0.5, 0.6) is 0 Å². The minimum absolute atomic E-state index is 0.168. The topological polar surface area (TPSA) is 163 Å². The number of aromatic nitrogens is 4. The van der Waals surface area contributed by atoms with E-state index in [1.807, 2.05) is 18.2 Å². The van der Waals surface area contributed by atoms with Gasteiger partial charge in [-0.2, -0.15) is 9.97 Å². The van der Waals surface area contributed by atoms with Crippen molar-refractivity contribution in [1.82, 2.24) is 24.8 Å². The molecule has 0 aliphatic heterocycles. The van der Waals surface area contributed by atoms with Gasteiger partial charge in [0.05, 0.1) is 18.4 Å². The quantitative estimate of drug-likeness (QED) is 0.191. The van der Waals surface area contributed by atoms with Crippen LogP contribution in [0.4, 0.5) is 11.8 Å². The van der Waals surface area contributed by atoms with Gasteiger partial charge in [0.15, 0.2) is 17.0 Å². The Balaban J connectivity index is 1.33. The Morgan fingerprint density at radius 1 is 1.05 bits per heavy atom. The molecule has 7 N–H and O–H groups in total. The van der Waals surface area contributed by atoms with Crippen molar-refractivity contribution in [2.45, 2.75) is 88.4 Å². The third-order valence-corrected chi connectivity index (χ3v) is 8.53. The maximum atomic E-state index is 12.0. The van der Waals surface area contributed by atoms with Crippen molar-refractivity contribution in [2.24, 2.45) is 5.73 Å². The van der Waals surface area contributed by atoms with Gasteiger partial charge in [-0.3, -0.25) is 4.79 Å². The zero-order chi connectivity index (χ0) is 28.5. The Bertz CT molecular complexity index is 1530. The van der Waals surface area contributed by atoms with Gasteiger partial charge in [0, 0.05) is 25.0 Å². The number of carbonyl (C=O) groups excluding carboxylic acids is 1. The second-order valence-electron chi connectivity index (χ2n) is 11.3. The van der Waals surface area contributed by atoms with E-state index in [1.165, 1.54) is 10.8 Å². The molecule has 2 aliphatic rings. The second kappa shape index (κ2) is 11.6. The Hall–Kier alpha value is -3.80. The maximum absolute atomic E-state index is 12.0. The summed E-state index contributed by atoms with van der Waals surface area (Å²) in [5, 5.41) is 33.9. The summed E-state index contributed by atoms with van der Waals surface area (Å²) in [4.78, 5) is 26.4. The molecule has 0 spiro atoms. The minimum Gasteiger partial charge on any atom is -0.388 e. The largest absolute Gasteiger partial charge is 0.388 e. The highest BCUT2D eigenvalue weighted by Crippen LogP contribution is 2.35. The molecule has 0 bridgehead atoms. The first-order chi connectivity index (χ1) is 19.9. The number of hydrogen-bond donors (Lipinski definition) is 6. The number of carbonyl (C=O) groups is 1. The average Bonchev–Trinajstić information content (AvgIpc) is 3.53. The van der Waals surface area contributed by atoms with Crippen LogP contribution >= 0.6 is 0 Å². The maximum Gasteiger partial charge on any atom is 0.227 e. The van der Waals surface area contributed by atoms with E-state index in [2.05, 4.69) is 45.2 Å². The standard InChI is InChI=1S/C30H38N8O3/c1-2-24(39)35-22-14-23(27(41)26(22)40)38-16-33-25-28(32-15-18-8-5-7-17-6-3-4-9-21(17)18)36-30(37-29(25)38)34-20-12-10-19(31)11-13-20/h3-9,16,19-20,22-23,26-27,40-41H,2,10-15,31H2,1H3,(H,35,39)(H2,32,34,36,37)/t19?,20?,22-,23?,26+,27-/m0/s1. The van der Waals surface area contributed by atoms with E-state index in [0.717, 1.165) is 31.2 Å². The van der Waals surface area contributed by atoms with Gasteiger partial charge in [0.1, 0.15) is 12.2 Å². The van der Waals surface area contributed by atoms with Crippen LogP contribution in [-0.4, -0.2) is 66.0 Å². The molecule has 2 fully saturated rings. The first kappa shape index (κ1) is 27.4. The van der Waals surface area contributed by atoms with Crippen LogP contribution in [0.25, 0.3) is 21.9 Å². The Labute approximate surface area is 238 Å². The molecule has 1 unspecified atom stereocenters. The Kier molecular flexibility index (Phi) is 7.74.